The summed E-state index contributed by atoms with van der Waals surface area (Å²) in [5.74, 6) is 1.15. The van der Waals surface area contributed by atoms with Gasteiger partial charge in [-0.15, -0.1) is 0 Å². The van der Waals surface area contributed by atoms with E-state index in [4.69, 9.17) is 14.7 Å². The number of phenolic OH excluding ortho intramolecular Hbond substituents is 1. The molecule has 9 heteroatoms. The predicted octanol–water partition coefficient (Wildman–Crippen LogP) is 2.14. The number of anilines is 2. The Morgan fingerprint density at radius 3 is 2.84 bits per heavy atom. The topological polar surface area (TPSA) is 97.2 Å². The van der Waals surface area contributed by atoms with Crippen LogP contribution in [-0.4, -0.2) is 90.1 Å². The molecule has 2 fully saturated rings. The molecule has 0 saturated carbocycles. The first-order valence-electron chi connectivity index (χ1n) is 13.4. The van der Waals surface area contributed by atoms with E-state index in [0.29, 0.717) is 25.2 Å². The van der Waals surface area contributed by atoms with Crippen LogP contribution in [0.2, 0.25) is 0 Å². The molecule has 3 N–H and O–H groups in total. The number of likely N-dealkylation sites (tertiary alicyclic amines) is 1. The van der Waals surface area contributed by atoms with Gasteiger partial charge in [0.25, 0.3) is 0 Å². The van der Waals surface area contributed by atoms with E-state index in [-0.39, 0.29) is 18.4 Å². The molecule has 6 rings (SSSR count). The molecule has 3 aliphatic heterocycles. The molecule has 3 aliphatic rings. The van der Waals surface area contributed by atoms with Gasteiger partial charge in [0.1, 0.15) is 18.2 Å². The minimum Gasteiger partial charge on any atom is -0.508 e. The van der Waals surface area contributed by atoms with Crippen LogP contribution in [0, 0.1) is 0 Å². The van der Waals surface area contributed by atoms with Crippen LogP contribution < -0.4 is 19.9 Å². The molecule has 0 aliphatic carbocycles. The van der Waals surface area contributed by atoms with E-state index in [9.17, 15) is 10.2 Å². The number of rotatable bonds is 6. The van der Waals surface area contributed by atoms with Crippen LogP contribution in [-0.2, 0) is 13.0 Å². The summed E-state index contributed by atoms with van der Waals surface area (Å²) in [4.78, 5) is 16.7. The maximum atomic E-state index is 10.4. The van der Waals surface area contributed by atoms with E-state index in [1.54, 1.807) is 0 Å². The van der Waals surface area contributed by atoms with E-state index < -0.39 is 0 Å². The van der Waals surface area contributed by atoms with E-state index in [1.807, 2.05) is 30.3 Å². The van der Waals surface area contributed by atoms with Crippen LogP contribution in [0.5, 0.6) is 11.8 Å². The van der Waals surface area contributed by atoms with E-state index in [1.165, 1.54) is 6.42 Å². The average molecular weight is 505 g/mol. The van der Waals surface area contributed by atoms with Gasteiger partial charge >= 0.3 is 6.01 Å². The van der Waals surface area contributed by atoms with Gasteiger partial charge in [-0.1, -0.05) is 24.3 Å². The molecule has 4 heterocycles. The molecule has 3 aromatic rings. The van der Waals surface area contributed by atoms with E-state index in [2.05, 4.69) is 33.1 Å². The molecule has 0 amide bonds. The Morgan fingerprint density at radius 1 is 1.11 bits per heavy atom. The molecule has 2 atom stereocenters. The molecule has 2 aromatic carbocycles. The molecule has 37 heavy (non-hydrogen) atoms. The summed E-state index contributed by atoms with van der Waals surface area (Å²) in [6.07, 6.45) is 3.09. The molecule has 9 nitrogen and oxygen atoms in total. The molecular weight excluding hydrogens is 468 g/mol. The number of aliphatic hydroxyl groups excluding tert-OH is 1. The maximum Gasteiger partial charge on any atom is 0.318 e. The number of aliphatic hydroxyl groups is 1. The summed E-state index contributed by atoms with van der Waals surface area (Å²) >= 11 is 0. The third-order valence-corrected chi connectivity index (χ3v) is 8.10. The zero-order valence-electron chi connectivity index (χ0n) is 21.4. The highest BCUT2D eigenvalue weighted by atomic mass is 16.5. The number of fused-ring (bicyclic) bond motifs is 2. The van der Waals surface area contributed by atoms with Crippen LogP contribution in [0.25, 0.3) is 10.8 Å². The van der Waals surface area contributed by atoms with Crippen molar-refractivity contribution in [3.05, 3.63) is 47.7 Å². The van der Waals surface area contributed by atoms with Gasteiger partial charge in [0.05, 0.1) is 24.9 Å². The van der Waals surface area contributed by atoms with Gasteiger partial charge < -0.3 is 35.0 Å². The smallest absolute Gasteiger partial charge is 0.318 e. The summed E-state index contributed by atoms with van der Waals surface area (Å²) in [6, 6.07) is 12.6. The Hall–Kier alpha value is -3.14. The fraction of sp³-hybridized carbons (Fsp3) is 0.500. The number of phenols is 1. The Balaban J connectivity index is 1.36. The molecule has 0 radical (unpaired) electrons. The van der Waals surface area contributed by atoms with Crippen molar-refractivity contribution in [3.8, 4) is 11.8 Å². The number of piperazine rings is 1. The third kappa shape index (κ3) is 4.79. The molecule has 0 bridgehead atoms. The van der Waals surface area contributed by atoms with Crippen molar-refractivity contribution in [3.63, 3.8) is 0 Å². The second-order valence-electron chi connectivity index (χ2n) is 10.4. The number of likely N-dealkylation sites (N-methyl/N-ethyl adjacent to an activating group) is 1. The average Bonchev–Trinajstić information content (AvgIpc) is 3.35. The first-order valence-corrected chi connectivity index (χ1v) is 13.4. The summed E-state index contributed by atoms with van der Waals surface area (Å²) in [5.41, 5.74) is 3.09. The first-order chi connectivity index (χ1) is 18.1. The third-order valence-electron chi connectivity index (χ3n) is 8.10. The standard InChI is InChI=1S/C28H36N6O3/c1-32-10-4-6-20(32)18-37-28-30-25-16-33(26-14-22(36)13-19-5-2-3-7-23(19)26)11-8-24(25)27(31-28)34-12-9-29-15-21(34)17-35/h2-3,5,7,13-14,20-21,29,35-36H,4,6,8-12,15-18H2,1H3/t20-,21-/m0/s1. The van der Waals surface area contributed by atoms with Crippen molar-refractivity contribution in [2.24, 2.45) is 0 Å². The SMILES string of the molecule is CN1CCC[C@H]1COc1nc2c(c(N3CCNC[C@H]3CO)n1)CCN(c1cc(O)cc3ccccc13)C2. The minimum absolute atomic E-state index is 0.0328. The number of ether oxygens (including phenoxy) is 1. The van der Waals surface area contributed by atoms with Gasteiger partial charge in [-0.25, -0.2) is 0 Å². The number of hydrogen-bond acceptors (Lipinski definition) is 9. The Bertz CT molecular complexity index is 1270. The lowest BCUT2D eigenvalue weighted by molar-refractivity contribution is 0.187. The Labute approximate surface area is 217 Å². The van der Waals surface area contributed by atoms with Gasteiger partial charge in [0.2, 0.25) is 0 Å². The largest absolute Gasteiger partial charge is 0.508 e. The Kier molecular flexibility index (Phi) is 6.75. The molecule has 0 unspecified atom stereocenters. The fourth-order valence-electron chi connectivity index (χ4n) is 6.00. The molecule has 196 valence electrons. The van der Waals surface area contributed by atoms with Crippen molar-refractivity contribution >= 4 is 22.3 Å². The van der Waals surface area contributed by atoms with Crippen LogP contribution in [0.1, 0.15) is 24.1 Å². The van der Waals surface area contributed by atoms with Gasteiger partial charge in [0, 0.05) is 54.9 Å². The molecule has 0 spiro atoms. The van der Waals surface area contributed by atoms with Gasteiger partial charge in [-0.05, 0) is 44.3 Å². The summed E-state index contributed by atoms with van der Waals surface area (Å²) in [6.45, 7) is 5.47. The predicted molar refractivity (Wildman–Crippen MR) is 145 cm³/mol. The van der Waals surface area contributed by atoms with Crippen molar-refractivity contribution < 1.29 is 14.9 Å². The van der Waals surface area contributed by atoms with Crippen molar-refractivity contribution in [1.29, 1.82) is 0 Å². The minimum atomic E-state index is -0.0328. The lowest BCUT2D eigenvalue weighted by atomic mass is 10.0. The quantitative estimate of drug-likeness (QED) is 0.467. The highest BCUT2D eigenvalue weighted by Crippen LogP contribution is 2.36. The number of aromatic hydroxyl groups is 1. The van der Waals surface area contributed by atoms with Crippen molar-refractivity contribution in [1.82, 2.24) is 20.2 Å². The lowest BCUT2D eigenvalue weighted by Gasteiger charge is -2.39. The maximum absolute atomic E-state index is 10.4. The van der Waals surface area contributed by atoms with Crippen LogP contribution in [0.15, 0.2) is 36.4 Å². The summed E-state index contributed by atoms with van der Waals surface area (Å²) in [7, 11) is 2.14. The molecule has 2 saturated heterocycles. The van der Waals surface area contributed by atoms with Gasteiger partial charge in [-0.2, -0.15) is 9.97 Å². The highest BCUT2D eigenvalue weighted by Gasteiger charge is 2.31. The monoisotopic (exact) mass is 504 g/mol. The number of aromatic nitrogens is 2. The van der Waals surface area contributed by atoms with Crippen molar-refractivity contribution in [2.45, 2.75) is 37.9 Å². The Morgan fingerprint density at radius 2 is 2.00 bits per heavy atom. The first kappa shape index (κ1) is 24.2. The van der Waals surface area contributed by atoms with Crippen LogP contribution in [0.4, 0.5) is 11.5 Å². The number of hydrogen-bond donors (Lipinski definition) is 3. The second kappa shape index (κ2) is 10.3. The lowest BCUT2D eigenvalue weighted by Crippen LogP contribution is -2.54. The van der Waals surface area contributed by atoms with Gasteiger partial charge in [0.15, 0.2) is 0 Å². The molecule has 1 aromatic heterocycles. The fourth-order valence-corrected chi connectivity index (χ4v) is 6.00. The number of nitrogens with one attached hydrogen (secondary N) is 1. The highest BCUT2D eigenvalue weighted by molar-refractivity contribution is 5.95. The van der Waals surface area contributed by atoms with Gasteiger partial charge in [-0.3, -0.25) is 0 Å². The zero-order valence-corrected chi connectivity index (χ0v) is 21.4. The number of benzene rings is 2. The normalized spacial score (nSPS) is 22.4. The van der Waals surface area contributed by atoms with E-state index >= 15 is 0 Å². The van der Waals surface area contributed by atoms with Crippen LogP contribution in [0.3, 0.4) is 0 Å². The summed E-state index contributed by atoms with van der Waals surface area (Å²) < 4.78 is 6.23. The number of nitrogens with zero attached hydrogens (tertiary/aromatic N) is 5. The van der Waals surface area contributed by atoms with E-state index in [0.717, 1.165) is 79.1 Å². The second-order valence-corrected chi connectivity index (χ2v) is 10.4. The summed E-state index contributed by atoms with van der Waals surface area (Å²) in [5, 5.41) is 26.0. The molecular formula is C28H36N6O3. The van der Waals surface area contributed by atoms with Crippen molar-refractivity contribution in [2.75, 3.05) is 62.8 Å². The van der Waals surface area contributed by atoms with Crippen LogP contribution >= 0.6 is 0 Å². The zero-order chi connectivity index (χ0) is 25.4.